The smallest absolute Gasteiger partial charge is 0.321 e. The zero-order valence-corrected chi connectivity index (χ0v) is 31.2. The highest BCUT2D eigenvalue weighted by molar-refractivity contribution is 5.87. The largest absolute Gasteiger partial charge is 0.338 e. The number of carbonyl (C=O) groups is 2. The summed E-state index contributed by atoms with van der Waals surface area (Å²) in [7, 11) is 0. The van der Waals surface area contributed by atoms with Crippen molar-refractivity contribution in [1.29, 1.82) is 0 Å². The van der Waals surface area contributed by atoms with Gasteiger partial charge in [0.1, 0.15) is 0 Å². The zero-order valence-electron chi connectivity index (χ0n) is 31.2. The second-order valence-electron chi connectivity index (χ2n) is 14.8. The van der Waals surface area contributed by atoms with Crippen LogP contribution in [0.2, 0.25) is 0 Å². The average molecular weight is 673 g/mol. The number of carbonyl (C=O) groups excluding carboxylic acids is 2. The molecular formula is C36H64N8O4. The highest BCUT2D eigenvalue weighted by Crippen LogP contribution is 2.20. The predicted octanol–water partition coefficient (Wildman–Crippen LogP) is 7.38. The molecule has 2 aromatic heterocycles. The zero-order chi connectivity index (χ0) is 36.2. The minimum atomic E-state index is -0.331. The van der Waals surface area contributed by atoms with Crippen LogP contribution in [0.25, 0.3) is 0 Å². The quantitative estimate of drug-likeness (QED) is 0.0964. The van der Waals surface area contributed by atoms with Crippen LogP contribution in [-0.2, 0) is 0 Å². The highest BCUT2D eigenvalue weighted by Gasteiger charge is 2.15. The van der Waals surface area contributed by atoms with Gasteiger partial charge in [-0.25, -0.2) is 19.6 Å². The van der Waals surface area contributed by atoms with Gasteiger partial charge in [-0.2, -0.15) is 0 Å². The number of urea groups is 2. The van der Waals surface area contributed by atoms with Crippen molar-refractivity contribution in [3.05, 3.63) is 44.2 Å². The van der Waals surface area contributed by atoms with Crippen LogP contribution in [-0.4, -0.2) is 45.1 Å². The maximum absolute atomic E-state index is 12.0. The van der Waals surface area contributed by atoms with E-state index in [4.69, 9.17) is 0 Å². The van der Waals surface area contributed by atoms with E-state index in [0.29, 0.717) is 60.0 Å². The Morgan fingerprint density at radius 1 is 0.562 bits per heavy atom. The van der Waals surface area contributed by atoms with Crippen LogP contribution in [0.4, 0.5) is 21.5 Å². The summed E-state index contributed by atoms with van der Waals surface area (Å²) in [6.45, 7) is 22.5. The lowest BCUT2D eigenvalue weighted by molar-refractivity contribution is 0.247. The van der Waals surface area contributed by atoms with Crippen LogP contribution >= 0.6 is 0 Å². The van der Waals surface area contributed by atoms with Crippen LogP contribution in [0.1, 0.15) is 118 Å². The molecule has 0 saturated heterocycles. The van der Waals surface area contributed by atoms with Crippen molar-refractivity contribution in [3.63, 3.8) is 0 Å². The molecule has 0 aliphatic carbocycles. The molecule has 0 unspecified atom stereocenters. The minimum Gasteiger partial charge on any atom is -0.338 e. The summed E-state index contributed by atoms with van der Waals surface area (Å²) in [5, 5.41) is 11.0. The molecule has 2 heterocycles. The Morgan fingerprint density at radius 2 is 0.854 bits per heavy atom. The highest BCUT2D eigenvalue weighted by atomic mass is 16.2. The molecule has 12 heteroatoms. The molecule has 0 saturated carbocycles. The first-order chi connectivity index (χ1) is 22.5. The fourth-order valence-corrected chi connectivity index (χ4v) is 5.03. The standard InChI is InChI=1S/2C18H32N4O2/c2*1-12(2)6-8-15(9-7-13(3)4)11-19-18(24)22-17-20-14(5)10-16(23)21-17/h2*10,12-13,15H,6-9,11H2,1-5H3,(H3,19,20,21,22,23,24). The lowest BCUT2D eigenvalue weighted by Gasteiger charge is -2.19. The molecule has 48 heavy (non-hydrogen) atoms. The molecule has 0 aliphatic rings. The number of nitrogens with zero attached hydrogens (tertiary/aromatic N) is 2. The maximum atomic E-state index is 12.0. The third-order valence-electron chi connectivity index (χ3n) is 7.91. The number of H-pyrrole nitrogens is 2. The normalized spacial score (nSPS) is 11.3. The van der Waals surface area contributed by atoms with Gasteiger partial charge in [0.15, 0.2) is 0 Å². The molecule has 0 aromatic carbocycles. The van der Waals surface area contributed by atoms with Crippen molar-refractivity contribution in [1.82, 2.24) is 30.6 Å². The fourth-order valence-electron chi connectivity index (χ4n) is 5.03. The van der Waals surface area contributed by atoms with Crippen molar-refractivity contribution in [2.75, 3.05) is 23.7 Å². The first-order valence-corrected chi connectivity index (χ1v) is 17.8. The van der Waals surface area contributed by atoms with Crippen LogP contribution < -0.4 is 32.4 Å². The molecular weight excluding hydrogens is 608 g/mol. The van der Waals surface area contributed by atoms with Crippen molar-refractivity contribution in [2.45, 2.75) is 121 Å². The summed E-state index contributed by atoms with van der Waals surface area (Å²) >= 11 is 0. The average Bonchev–Trinajstić information content (AvgIpc) is 2.95. The molecule has 0 aliphatic heterocycles. The number of nitrogens with one attached hydrogen (secondary N) is 6. The Hall–Kier alpha value is -3.70. The molecule has 6 N–H and O–H groups in total. The van der Waals surface area contributed by atoms with Gasteiger partial charge in [0.05, 0.1) is 0 Å². The Kier molecular flexibility index (Phi) is 20.1. The van der Waals surface area contributed by atoms with Gasteiger partial charge in [0, 0.05) is 36.6 Å². The van der Waals surface area contributed by atoms with Crippen LogP contribution in [0.15, 0.2) is 21.7 Å². The summed E-state index contributed by atoms with van der Waals surface area (Å²) in [5.74, 6) is 3.99. The van der Waals surface area contributed by atoms with Gasteiger partial charge in [0.2, 0.25) is 11.9 Å². The fraction of sp³-hybridized carbons (Fsp3) is 0.722. The molecule has 2 aromatic rings. The Bertz CT molecular complexity index is 1210. The van der Waals surface area contributed by atoms with Gasteiger partial charge in [-0.05, 0) is 75.0 Å². The molecule has 0 spiro atoms. The van der Waals surface area contributed by atoms with Gasteiger partial charge < -0.3 is 10.6 Å². The molecule has 0 radical (unpaired) electrons. The van der Waals surface area contributed by atoms with Crippen molar-refractivity contribution in [3.8, 4) is 0 Å². The van der Waals surface area contributed by atoms with Crippen molar-refractivity contribution < 1.29 is 9.59 Å². The summed E-state index contributed by atoms with van der Waals surface area (Å²) in [6, 6.07) is 2.11. The van der Waals surface area contributed by atoms with E-state index < -0.39 is 0 Å². The minimum absolute atomic E-state index is 0.179. The number of aryl methyl sites for hydroxylation is 2. The first-order valence-electron chi connectivity index (χ1n) is 17.8. The van der Waals surface area contributed by atoms with Gasteiger partial charge in [-0.15, -0.1) is 0 Å². The summed E-state index contributed by atoms with van der Waals surface area (Å²) in [6.07, 6.45) is 9.12. The Balaban J connectivity index is 0.000000480. The van der Waals surface area contributed by atoms with Gasteiger partial charge in [-0.3, -0.25) is 30.2 Å². The van der Waals surface area contributed by atoms with Crippen molar-refractivity contribution in [2.24, 2.45) is 35.5 Å². The summed E-state index contributed by atoms with van der Waals surface area (Å²) < 4.78 is 0. The van der Waals surface area contributed by atoms with Gasteiger partial charge in [-0.1, -0.05) is 81.1 Å². The Morgan fingerprint density at radius 3 is 1.10 bits per heavy atom. The van der Waals surface area contributed by atoms with E-state index in [0.717, 1.165) is 25.7 Å². The number of rotatable bonds is 18. The van der Waals surface area contributed by atoms with Gasteiger partial charge >= 0.3 is 12.1 Å². The van der Waals surface area contributed by atoms with E-state index >= 15 is 0 Å². The molecule has 2 rings (SSSR count). The second kappa shape index (κ2) is 22.8. The number of hydrogen-bond donors (Lipinski definition) is 6. The SMILES string of the molecule is Cc1cc(=O)[nH]c(NC(=O)NCC(CCC(C)C)CCC(C)C)n1.Cc1cc(=O)[nH]c(NC(=O)NCC(CCC(C)C)CCC(C)C)n1. The number of amides is 4. The number of aromatic nitrogens is 4. The van der Waals surface area contributed by atoms with E-state index in [9.17, 15) is 19.2 Å². The lowest BCUT2D eigenvalue weighted by atomic mass is 9.91. The van der Waals surface area contributed by atoms with Crippen LogP contribution in [0.5, 0.6) is 0 Å². The molecule has 0 atom stereocenters. The lowest BCUT2D eigenvalue weighted by Crippen LogP contribution is -2.34. The van der Waals surface area contributed by atoms with Gasteiger partial charge in [0.25, 0.3) is 11.1 Å². The number of hydrogen-bond acceptors (Lipinski definition) is 6. The summed E-state index contributed by atoms with van der Waals surface area (Å²) in [4.78, 5) is 60.0. The van der Waals surface area contributed by atoms with E-state index in [2.05, 4.69) is 96.6 Å². The van der Waals surface area contributed by atoms with E-state index in [1.54, 1.807) is 13.8 Å². The molecule has 272 valence electrons. The summed E-state index contributed by atoms with van der Waals surface area (Å²) in [5.41, 5.74) is 0.593. The second-order valence-corrected chi connectivity index (χ2v) is 14.8. The van der Waals surface area contributed by atoms with Crippen LogP contribution in [0.3, 0.4) is 0 Å². The number of aromatic amines is 2. The molecule has 12 nitrogen and oxygen atoms in total. The molecule has 0 fully saturated rings. The third kappa shape index (κ3) is 21.2. The Labute approximate surface area is 287 Å². The van der Waals surface area contributed by atoms with E-state index in [1.807, 2.05) is 0 Å². The molecule has 0 bridgehead atoms. The predicted molar refractivity (Wildman–Crippen MR) is 197 cm³/mol. The van der Waals surface area contributed by atoms with E-state index in [-0.39, 0.29) is 35.1 Å². The van der Waals surface area contributed by atoms with Crippen molar-refractivity contribution >= 4 is 24.0 Å². The third-order valence-corrected chi connectivity index (χ3v) is 7.91. The van der Waals surface area contributed by atoms with Crippen LogP contribution in [0, 0.1) is 49.4 Å². The monoisotopic (exact) mass is 673 g/mol. The maximum Gasteiger partial charge on any atom is 0.321 e. The van der Waals surface area contributed by atoms with E-state index in [1.165, 1.54) is 37.8 Å². The first kappa shape index (κ1) is 42.3. The number of anilines is 2. The topological polar surface area (TPSA) is 174 Å². The molecule has 4 amide bonds.